The lowest BCUT2D eigenvalue weighted by Crippen LogP contribution is -2.22. The quantitative estimate of drug-likeness (QED) is 0.814. The molecule has 0 spiro atoms. The third kappa shape index (κ3) is 4.41. The average Bonchev–Trinajstić information content (AvgIpc) is 2.96. The zero-order valence-corrected chi connectivity index (χ0v) is 12.2. The minimum absolute atomic E-state index is 0.00150. The van der Waals surface area contributed by atoms with Crippen LogP contribution in [-0.4, -0.2) is 16.6 Å². The molecule has 114 valence electrons. The summed E-state index contributed by atoms with van der Waals surface area (Å²) < 4.78 is 29.3. The maximum absolute atomic E-state index is 12.4. The fourth-order valence-corrected chi connectivity index (χ4v) is 2.23. The summed E-state index contributed by atoms with van der Waals surface area (Å²) >= 11 is 5.91. The van der Waals surface area contributed by atoms with E-state index < -0.39 is 6.61 Å². The van der Waals surface area contributed by atoms with Gasteiger partial charge in [-0.15, -0.1) is 0 Å². The molecule has 0 aliphatic carbocycles. The number of alkyl halides is 2. The number of benzene rings is 1. The van der Waals surface area contributed by atoms with Gasteiger partial charge in [-0.25, -0.2) is 4.98 Å². The number of nitrogens with zero attached hydrogens (tertiary/aromatic N) is 1. The Morgan fingerprint density at radius 3 is 2.86 bits per heavy atom. The van der Waals surface area contributed by atoms with Crippen LogP contribution in [0.4, 0.5) is 8.78 Å². The van der Waals surface area contributed by atoms with Crippen molar-refractivity contribution < 1.29 is 13.5 Å². The molecule has 4 nitrogen and oxygen atoms in total. The van der Waals surface area contributed by atoms with Gasteiger partial charge in [0.2, 0.25) is 0 Å². The summed E-state index contributed by atoms with van der Waals surface area (Å²) in [7, 11) is 0. The van der Waals surface area contributed by atoms with Gasteiger partial charge in [-0.1, -0.05) is 18.5 Å². The molecular weight excluding hydrogens is 300 g/mol. The highest BCUT2D eigenvalue weighted by Crippen LogP contribution is 2.25. The molecule has 7 heteroatoms. The Kier molecular flexibility index (Phi) is 5.52. The van der Waals surface area contributed by atoms with Crippen molar-refractivity contribution in [3.63, 3.8) is 0 Å². The van der Waals surface area contributed by atoms with Crippen molar-refractivity contribution in [1.82, 2.24) is 15.3 Å². The molecule has 0 fully saturated rings. The molecule has 0 aliphatic heterocycles. The second-order valence-electron chi connectivity index (χ2n) is 4.45. The minimum atomic E-state index is -2.86. The maximum atomic E-state index is 12.4. The Balaban J connectivity index is 2.09. The van der Waals surface area contributed by atoms with Crippen LogP contribution in [0.5, 0.6) is 5.75 Å². The van der Waals surface area contributed by atoms with E-state index in [1.54, 1.807) is 18.5 Å². The largest absolute Gasteiger partial charge is 0.434 e. The molecule has 0 saturated carbocycles. The highest BCUT2D eigenvalue weighted by molar-refractivity contribution is 6.30. The summed E-state index contributed by atoms with van der Waals surface area (Å²) in [5.74, 6) is 0.923. The zero-order valence-electron chi connectivity index (χ0n) is 11.4. The normalized spacial score (nSPS) is 12.6. The van der Waals surface area contributed by atoms with E-state index in [-0.39, 0.29) is 11.8 Å². The summed E-state index contributed by atoms with van der Waals surface area (Å²) in [4.78, 5) is 7.22. The molecule has 1 atom stereocenters. The van der Waals surface area contributed by atoms with E-state index in [9.17, 15) is 8.78 Å². The third-order valence-corrected chi connectivity index (χ3v) is 3.27. The molecule has 0 bridgehead atoms. The number of aromatic nitrogens is 2. The first-order valence-electron chi connectivity index (χ1n) is 6.56. The molecule has 0 saturated heterocycles. The van der Waals surface area contributed by atoms with Crippen LogP contribution in [0.25, 0.3) is 0 Å². The average molecular weight is 316 g/mol. The van der Waals surface area contributed by atoms with Gasteiger partial charge >= 0.3 is 6.61 Å². The second kappa shape index (κ2) is 7.38. The zero-order chi connectivity index (χ0) is 15.2. The summed E-state index contributed by atoms with van der Waals surface area (Å²) in [6, 6.07) is 4.57. The van der Waals surface area contributed by atoms with Gasteiger partial charge in [-0.2, -0.15) is 8.78 Å². The van der Waals surface area contributed by atoms with Gasteiger partial charge in [0.1, 0.15) is 11.6 Å². The molecule has 0 aliphatic rings. The van der Waals surface area contributed by atoms with Gasteiger partial charge in [-0.05, 0) is 24.6 Å². The number of halogens is 3. The monoisotopic (exact) mass is 315 g/mol. The number of hydrogen-bond donors (Lipinski definition) is 2. The van der Waals surface area contributed by atoms with Crippen LogP contribution >= 0.6 is 11.6 Å². The van der Waals surface area contributed by atoms with Crippen molar-refractivity contribution in [3.05, 3.63) is 47.0 Å². The predicted octanol–water partition coefficient (Wildman–Crippen LogP) is 3.91. The number of ether oxygens (including phenoxy) is 1. The van der Waals surface area contributed by atoms with Crippen LogP contribution < -0.4 is 10.1 Å². The van der Waals surface area contributed by atoms with Crippen molar-refractivity contribution in [2.24, 2.45) is 0 Å². The van der Waals surface area contributed by atoms with E-state index >= 15 is 0 Å². The maximum Gasteiger partial charge on any atom is 0.387 e. The number of rotatable bonds is 7. The van der Waals surface area contributed by atoms with E-state index in [2.05, 4.69) is 20.0 Å². The van der Waals surface area contributed by atoms with Gasteiger partial charge in [-0.3, -0.25) is 0 Å². The molecular formula is C14H16ClF2N3O. The first-order valence-corrected chi connectivity index (χ1v) is 6.93. The SMILES string of the molecule is CCC(NCc1cc(Cl)ccc1OC(F)F)c1ncc[nH]1. The summed E-state index contributed by atoms with van der Waals surface area (Å²) in [6.07, 6.45) is 4.22. The predicted molar refractivity (Wildman–Crippen MR) is 76.5 cm³/mol. The Hall–Kier alpha value is -1.66. The Morgan fingerprint density at radius 1 is 1.43 bits per heavy atom. The topological polar surface area (TPSA) is 49.9 Å². The number of hydrogen-bond acceptors (Lipinski definition) is 3. The smallest absolute Gasteiger partial charge is 0.387 e. The molecule has 1 aromatic carbocycles. The minimum Gasteiger partial charge on any atom is -0.434 e. The molecule has 0 radical (unpaired) electrons. The van der Waals surface area contributed by atoms with Crippen LogP contribution in [0.3, 0.4) is 0 Å². The van der Waals surface area contributed by atoms with Crippen LogP contribution in [0.1, 0.15) is 30.8 Å². The molecule has 2 N–H and O–H groups in total. The standard InChI is InChI=1S/C14H16ClF2N3O/c1-2-11(13-18-5-6-19-13)20-8-9-7-10(15)3-4-12(9)21-14(16)17/h3-7,11,14,20H,2,8H2,1H3,(H,18,19). The number of nitrogens with one attached hydrogen (secondary N) is 2. The lowest BCUT2D eigenvalue weighted by Gasteiger charge is -2.17. The van der Waals surface area contributed by atoms with E-state index in [1.165, 1.54) is 12.1 Å². The van der Waals surface area contributed by atoms with E-state index in [0.29, 0.717) is 17.1 Å². The number of imidazole rings is 1. The summed E-state index contributed by atoms with van der Waals surface area (Å²) in [6.45, 7) is -0.506. The van der Waals surface area contributed by atoms with E-state index in [0.717, 1.165) is 12.2 Å². The van der Waals surface area contributed by atoms with E-state index in [4.69, 9.17) is 11.6 Å². The second-order valence-corrected chi connectivity index (χ2v) is 4.88. The van der Waals surface area contributed by atoms with E-state index in [1.807, 2.05) is 6.92 Å². The van der Waals surface area contributed by atoms with Crippen LogP contribution in [0.15, 0.2) is 30.6 Å². The van der Waals surface area contributed by atoms with Gasteiger partial charge in [0.25, 0.3) is 0 Å². The van der Waals surface area contributed by atoms with Crippen LogP contribution in [-0.2, 0) is 6.54 Å². The molecule has 1 aromatic heterocycles. The highest BCUT2D eigenvalue weighted by atomic mass is 35.5. The molecule has 2 rings (SSSR count). The van der Waals surface area contributed by atoms with Crippen LogP contribution in [0, 0.1) is 0 Å². The van der Waals surface area contributed by atoms with Crippen LogP contribution in [0.2, 0.25) is 5.02 Å². The first-order chi connectivity index (χ1) is 10.1. The summed E-state index contributed by atoms with van der Waals surface area (Å²) in [5.41, 5.74) is 0.577. The molecule has 0 amide bonds. The van der Waals surface area contributed by atoms with Gasteiger partial charge < -0.3 is 15.0 Å². The van der Waals surface area contributed by atoms with Crippen molar-refractivity contribution in [3.8, 4) is 5.75 Å². The molecule has 1 heterocycles. The van der Waals surface area contributed by atoms with Crippen molar-refractivity contribution in [2.45, 2.75) is 32.5 Å². The highest BCUT2D eigenvalue weighted by Gasteiger charge is 2.14. The Labute approximate surface area is 126 Å². The Morgan fingerprint density at radius 2 is 2.24 bits per heavy atom. The Bertz CT molecular complexity index is 563. The van der Waals surface area contributed by atoms with Gasteiger partial charge in [0.05, 0.1) is 6.04 Å². The third-order valence-electron chi connectivity index (χ3n) is 3.04. The van der Waals surface area contributed by atoms with Gasteiger partial charge in [0, 0.05) is 29.5 Å². The molecule has 1 unspecified atom stereocenters. The first kappa shape index (κ1) is 15.7. The summed E-state index contributed by atoms with van der Waals surface area (Å²) in [5, 5.41) is 3.72. The van der Waals surface area contributed by atoms with Gasteiger partial charge in [0.15, 0.2) is 0 Å². The molecule has 2 aromatic rings. The number of H-pyrrole nitrogens is 1. The van der Waals surface area contributed by atoms with Crippen molar-refractivity contribution >= 4 is 11.6 Å². The fraction of sp³-hybridized carbons (Fsp3) is 0.357. The lowest BCUT2D eigenvalue weighted by molar-refractivity contribution is -0.0505. The number of aromatic amines is 1. The van der Waals surface area contributed by atoms with Crippen molar-refractivity contribution in [2.75, 3.05) is 0 Å². The van der Waals surface area contributed by atoms with Crippen molar-refractivity contribution in [1.29, 1.82) is 0 Å². The fourth-order valence-electron chi connectivity index (χ4n) is 2.03. The molecule has 21 heavy (non-hydrogen) atoms. The lowest BCUT2D eigenvalue weighted by atomic mass is 10.1.